The average molecular weight is 432 g/mol. The molecule has 0 saturated heterocycles. The molecule has 9 heteroatoms. The Morgan fingerprint density at radius 2 is 1.81 bits per heavy atom. The number of nitrogens with one attached hydrogen (secondary N) is 2. The zero-order valence-electron chi connectivity index (χ0n) is 17.4. The third-order valence-corrected chi connectivity index (χ3v) is 4.62. The second-order valence-electron chi connectivity index (χ2n) is 6.72. The number of hydrogen-bond donors (Lipinski definition) is 2. The largest absolute Gasteiger partial charge is 0.467 e. The molecule has 32 heavy (non-hydrogen) atoms. The first kappa shape index (κ1) is 20.9. The smallest absolute Gasteiger partial charge is 0.333 e. The lowest BCUT2D eigenvalue weighted by Gasteiger charge is -2.15. The minimum Gasteiger partial charge on any atom is -0.467 e. The first-order chi connectivity index (χ1) is 15.6. The molecular weight excluding hydrogens is 412 g/mol. The van der Waals surface area contributed by atoms with Gasteiger partial charge in [0.05, 0.1) is 7.11 Å². The van der Waals surface area contributed by atoms with E-state index in [4.69, 9.17) is 13.9 Å². The molecule has 2 N–H and O–H groups in total. The minimum absolute atomic E-state index is 0.169. The van der Waals surface area contributed by atoms with Crippen molar-refractivity contribution in [2.24, 2.45) is 0 Å². The molecule has 4 aromatic rings. The van der Waals surface area contributed by atoms with E-state index in [1.54, 1.807) is 24.3 Å². The Morgan fingerprint density at radius 1 is 1.03 bits per heavy atom. The van der Waals surface area contributed by atoms with Crippen LogP contribution in [-0.4, -0.2) is 36.0 Å². The van der Waals surface area contributed by atoms with Crippen LogP contribution in [0.2, 0.25) is 0 Å². The van der Waals surface area contributed by atoms with Crippen LogP contribution >= 0.6 is 0 Å². The second kappa shape index (κ2) is 9.17. The highest BCUT2D eigenvalue weighted by molar-refractivity contribution is 5.92. The normalized spacial score (nSPS) is 11.6. The number of aromatic nitrogens is 2. The summed E-state index contributed by atoms with van der Waals surface area (Å²) in [5.41, 5.74) is 2.00. The number of fused-ring (bicyclic) bond motifs is 1. The van der Waals surface area contributed by atoms with Crippen LogP contribution < -0.4 is 15.4 Å². The van der Waals surface area contributed by atoms with E-state index < -0.39 is 12.0 Å². The van der Waals surface area contributed by atoms with Crippen LogP contribution in [-0.2, 0) is 9.53 Å². The molecular formula is C23H20N4O5. The fourth-order valence-electron chi connectivity index (χ4n) is 3.06. The fraction of sp³-hybridized carbons (Fsp3) is 0.130. The molecule has 2 aromatic heterocycles. The van der Waals surface area contributed by atoms with E-state index in [2.05, 4.69) is 20.6 Å². The Hall–Kier alpha value is -4.40. The monoisotopic (exact) mass is 432 g/mol. The number of esters is 1. The van der Waals surface area contributed by atoms with E-state index in [1.165, 1.54) is 26.4 Å². The third-order valence-electron chi connectivity index (χ3n) is 4.62. The molecule has 0 aliphatic heterocycles. The van der Waals surface area contributed by atoms with Crippen molar-refractivity contribution in [2.75, 3.05) is 19.5 Å². The van der Waals surface area contributed by atoms with Crippen LogP contribution in [0.3, 0.4) is 0 Å². The van der Waals surface area contributed by atoms with Crippen LogP contribution in [0.25, 0.3) is 11.1 Å². The maximum atomic E-state index is 12.3. The number of benzene rings is 2. The lowest BCUT2D eigenvalue weighted by molar-refractivity contribution is -0.141. The van der Waals surface area contributed by atoms with Gasteiger partial charge in [-0.2, -0.15) is 4.98 Å². The Labute approximate surface area is 183 Å². The van der Waals surface area contributed by atoms with Gasteiger partial charge in [0.2, 0.25) is 0 Å². The summed E-state index contributed by atoms with van der Waals surface area (Å²) in [6.45, 7) is 0. The molecule has 0 fully saturated rings. The van der Waals surface area contributed by atoms with Crippen molar-refractivity contribution in [1.29, 1.82) is 0 Å². The van der Waals surface area contributed by atoms with E-state index in [1.807, 2.05) is 30.3 Å². The number of methoxy groups -OCH3 is 1. The van der Waals surface area contributed by atoms with E-state index in [9.17, 15) is 9.59 Å². The van der Waals surface area contributed by atoms with Crippen LogP contribution in [0.1, 0.15) is 22.1 Å². The summed E-state index contributed by atoms with van der Waals surface area (Å²) in [4.78, 5) is 32.4. The lowest BCUT2D eigenvalue weighted by Crippen LogP contribution is -2.22. The first-order valence-electron chi connectivity index (χ1n) is 9.73. The number of hydrogen-bond acceptors (Lipinski definition) is 8. The molecule has 162 valence electrons. The molecule has 0 unspecified atom stereocenters. The molecule has 2 heterocycles. The lowest BCUT2D eigenvalue weighted by atomic mass is 10.1. The number of ether oxygens (including phenoxy) is 2. The molecule has 4 rings (SSSR count). The summed E-state index contributed by atoms with van der Waals surface area (Å²) >= 11 is 0. The summed E-state index contributed by atoms with van der Waals surface area (Å²) in [5.74, 6) is 0.162. The first-order valence-corrected chi connectivity index (χ1v) is 9.73. The van der Waals surface area contributed by atoms with Crippen molar-refractivity contribution in [3.63, 3.8) is 0 Å². The molecule has 2 aromatic carbocycles. The number of oxazole rings is 1. The van der Waals surface area contributed by atoms with Gasteiger partial charge in [-0.05, 0) is 23.8 Å². The highest BCUT2D eigenvalue weighted by Crippen LogP contribution is 2.29. The number of pyridine rings is 1. The third kappa shape index (κ3) is 4.51. The van der Waals surface area contributed by atoms with Gasteiger partial charge < -0.3 is 24.5 Å². The van der Waals surface area contributed by atoms with Gasteiger partial charge in [-0.3, -0.25) is 9.78 Å². The summed E-state index contributed by atoms with van der Waals surface area (Å²) in [7, 11) is 2.86. The number of anilines is 1. The zero-order valence-corrected chi connectivity index (χ0v) is 17.4. The number of amides is 1. The molecule has 9 nitrogen and oxygen atoms in total. The average Bonchev–Trinajstić information content (AvgIpc) is 3.24. The van der Waals surface area contributed by atoms with Gasteiger partial charge in [0.15, 0.2) is 11.6 Å². The van der Waals surface area contributed by atoms with Crippen molar-refractivity contribution in [2.45, 2.75) is 6.04 Å². The second-order valence-corrected chi connectivity index (χ2v) is 6.72. The van der Waals surface area contributed by atoms with Gasteiger partial charge in [0, 0.05) is 25.4 Å². The zero-order chi connectivity index (χ0) is 22.5. The quantitative estimate of drug-likeness (QED) is 0.425. The van der Waals surface area contributed by atoms with E-state index in [0.29, 0.717) is 22.6 Å². The van der Waals surface area contributed by atoms with Gasteiger partial charge >= 0.3 is 5.97 Å². The van der Waals surface area contributed by atoms with Crippen molar-refractivity contribution >= 4 is 29.0 Å². The van der Waals surface area contributed by atoms with Crippen LogP contribution in [0.15, 0.2) is 71.3 Å². The highest BCUT2D eigenvalue weighted by Gasteiger charge is 2.23. The van der Waals surface area contributed by atoms with E-state index in [0.717, 1.165) is 5.56 Å². The molecule has 0 bridgehead atoms. The molecule has 0 spiro atoms. The summed E-state index contributed by atoms with van der Waals surface area (Å²) in [6, 6.07) is 16.8. The number of carbonyl (C=O) groups excluding carboxylic acids is 2. The van der Waals surface area contributed by atoms with Crippen LogP contribution in [0.5, 0.6) is 11.5 Å². The molecule has 1 amide bonds. The maximum absolute atomic E-state index is 12.3. The topological polar surface area (TPSA) is 116 Å². The SMILES string of the molecule is CNC(=O)c1cc(Oc2ccc3nc(N[C@H](C(=O)OC)c4ccccc4)oc3c2)ccn1. The van der Waals surface area contributed by atoms with Crippen LogP contribution in [0, 0.1) is 0 Å². The predicted molar refractivity (Wildman–Crippen MR) is 117 cm³/mol. The molecule has 0 saturated carbocycles. The maximum Gasteiger partial charge on any atom is 0.333 e. The molecule has 1 atom stereocenters. The predicted octanol–water partition coefficient (Wildman–Crippen LogP) is 3.70. The van der Waals surface area contributed by atoms with Crippen molar-refractivity contribution in [3.8, 4) is 11.5 Å². The van der Waals surface area contributed by atoms with Crippen molar-refractivity contribution < 1.29 is 23.5 Å². The summed E-state index contributed by atoms with van der Waals surface area (Å²) < 4.78 is 16.5. The van der Waals surface area contributed by atoms with E-state index in [-0.39, 0.29) is 17.6 Å². The minimum atomic E-state index is -0.773. The summed E-state index contributed by atoms with van der Waals surface area (Å²) in [6.07, 6.45) is 1.49. The Kier molecular flexibility index (Phi) is 5.98. The van der Waals surface area contributed by atoms with Crippen molar-refractivity contribution in [1.82, 2.24) is 15.3 Å². The van der Waals surface area contributed by atoms with Gasteiger partial charge in [-0.1, -0.05) is 30.3 Å². The van der Waals surface area contributed by atoms with Gasteiger partial charge in [-0.25, -0.2) is 4.79 Å². The van der Waals surface area contributed by atoms with Gasteiger partial charge in [0.25, 0.3) is 11.9 Å². The van der Waals surface area contributed by atoms with Gasteiger partial charge in [0.1, 0.15) is 22.7 Å². The molecule has 0 aliphatic rings. The number of rotatable bonds is 7. The summed E-state index contributed by atoms with van der Waals surface area (Å²) in [5, 5.41) is 5.50. The van der Waals surface area contributed by atoms with Gasteiger partial charge in [-0.15, -0.1) is 0 Å². The molecule has 0 radical (unpaired) electrons. The van der Waals surface area contributed by atoms with E-state index >= 15 is 0 Å². The highest BCUT2D eigenvalue weighted by atomic mass is 16.5. The standard InChI is InChI=1S/C23H20N4O5/c1-24-21(28)18-12-16(10-11-25-18)31-15-8-9-17-19(13-15)32-23(26-17)27-20(22(29)30-2)14-6-4-3-5-7-14/h3-13,20H,1-2H3,(H,24,28)(H,26,27)/t20-/m0/s1. The van der Waals surface area contributed by atoms with Crippen LogP contribution in [0.4, 0.5) is 6.01 Å². The number of nitrogens with zero attached hydrogens (tertiary/aromatic N) is 2. The Balaban J connectivity index is 1.56. The number of carbonyl (C=O) groups is 2. The fourth-order valence-corrected chi connectivity index (χ4v) is 3.06. The Bertz CT molecular complexity index is 1260. The van der Waals surface area contributed by atoms with Crippen molar-refractivity contribution in [3.05, 3.63) is 78.1 Å². The molecule has 0 aliphatic carbocycles. The Morgan fingerprint density at radius 3 is 2.56 bits per heavy atom.